The number of rotatable bonds is 19. The van der Waals surface area contributed by atoms with Crippen molar-refractivity contribution in [3.05, 3.63) is 12.2 Å². The zero-order valence-electron chi connectivity index (χ0n) is 19.0. The van der Waals surface area contributed by atoms with Crippen LogP contribution in [0.4, 0.5) is 4.79 Å². The van der Waals surface area contributed by atoms with Crippen LogP contribution in [0.1, 0.15) is 111 Å². The Morgan fingerprint density at radius 3 is 1.82 bits per heavy atom. The number of aliphatic hydroxyl groups is 1. The molecule has 0 aliphatic rings. The molecular weight excluding hydrogens is 348 g/mol. The molecule has 0 saturated heterocycles. The van der Waals surface area contributed by atoms with Crippen LogP contribution in [-0.4, -0.2) is 30.3 Å². The normalized spacial score (nSPS) is 12.6. The average molecular weight is 397 g/mol. The molecule has 2 amide bonds. The summed E-state index contributed by atoms with van der Waals surface area (Å²) in [6.45, 7) is 6.95. The molecule has 0 fully saturated rings. The Bertz CT molecular complexity index is 370. The van der Waals surface area contributed by atoms with Crippen LogP contribution in [0.5, 0.6) is 0 Å². The van der Waals surface area contributed by atoms with Gasteiger partial charge in [0.2, 0.25) is 0 Å². The van der Waals surface area contributed by atoms with Crippen molar-refractivity contribution in [2.45, 2.75) is 117 Å². The standard InChI is InChI=1S/C24H48N2O2/c1-4-5-6-7-8-9-10-11-12-13-14-15-16-17-18-19-20-25-24(28)26-23(21-27)22(2)3/h11-12,22-23,27H,4-10,13-21H2,1-3H3,(H2,25,26,28)/b12-11-/t23-/m1/s1. The molecule has 0 spiro atoms. The summed E-state index contributed by atoms with van der Waals surface area (Å²) in [5.41, 5.74) is 0. The number of carbonyl (C=O) groups excluding carboxylic acids is 1. The van der Waals surface area contributed by atoms with Crippen molar-refractivity contribution in [1.82, 2.24) is 10.6 Å². The molecule has 0 aliphatic carbocycles. The highest BCUT2D eigenvalue weighted by Gasteiger charge is 2.14. The number of hydrogen-bond donors (Lipinski definition) is 3. The van der Waals surface area contributed by atoms with Crippen molar-refractivity contribution in [2.75, 3.05) is 13.2 Å². The van der Waals surface area contributed by atoms with Crippen molar-refractivity contribution in [3.63, 3.8) is 0 Å². The molecule has 166 valence electrons. The van der Waals surface area contributed by atoms with Gasteiger partial charge in [0.1, 0.15) is 0 Å². The Morgan fingerprint density at radius 1 is 0.821 bits per heavy atom. The number of amides is 2. The van der Waals surface area contributed by atoms with Gasteiger partial charge in [0.05, 0.1) is 12.6 Å². The lowest BCUT2D eigenvalue weighted by Gasteiger charge is -2.20. The first-order valence-electron chi connectivity index (χ1n) is 11.9. The molecule has 4 nitrogen and oxygen atoms in total. The zero-order chi connectivity index (χ0) is 20.9. The van der Waals surface area contributed by atoms with Gasteiger partial charge in [-0.2, -0.15) is 0 Å². The molecule has 1 atom stereocenters. The summed E-state index contributed by atoms with van der Waals surface area (Å²) < 4.78 is 0. The number of allylic oxidation sites excluding steroid dienone is 2. The monoisotopic (exact) mass is 396 g/mol. The molecular formula is C24H48N2O2. The first-order chi connectivity index (χ1) is 13.6. The number of nitrogens with one attached hydrogen (secondary N) is 2. The maximum absolute atomic E-state index is 11.7. The third-order valence-corrected chi connectivity index (χ3v) is 5.29. The van der Waals surface area contributed by atoms with Crippen LogP contribution < -0.4 is 10.6 Å². The van der Waals surface area contributed by atoms with Gasteiger partial charge < -0.3 is 15.7 Å². The van der Waals surface area contributed by atoms with Crippen molar-refractivity contribution in [3.8, 4) is 0 Å². The number of hydrogen-bond acceptors (Lipinski definition) is 2. The first kappa shape index (κ1) is 27.0. The fourth-order valence-electron chi connectivity index (χ4n) is 3.22. The topological polar surface area (TPSA) is 61.4 Å². The highest BCUT2D eigenvalue weighted by molar-refractivity contribution is 5.74. The molecule has 0 aromatic rings. The molecule has 0 heterocycles. The molecule has 0 aromatic carbocycles. The minimum atomic E-state index is -0.167. The van der Waals surface area contributed by atoms with Crippen molar-refractivity contribution >= 4 is 6.03 Å². The van der Waals surface area contributed by atoms with E-state index in [0.717, 1.165) is 6.42 Å². The third-order valence-electron chi connectivity index (χ3n) is 5.29. The summed E-state index contributed by atoms with van der Waals surface area (Å²) >= 11 is 0. The molecule has 0 saturated carbocycles. The highest BCUT2D eigenvalue weighted by Crippen LogP contribution is 2.09. The van der Waals surface area contributed by atoms with Crippen molar-refractivity contribution < 1.29 is 9.90 Å². The minimum absolute atomic E-state index is 0.0146. The summed E-state index contributed by atoms with van der Waals surface area (Å²) in [6.07, 6.45) is 22.8. The summed E-state index contributed by atoms with van der Waals surface area (Å²) in [5.74, 6) is 0.237. The second kappa shape index (κ2) is 20.7. The van der Waals surface area contributed by atoms with E-state index in [1.54, 1.807) is 0 Å². The Morgan fingerprint density at radius 2 is 1.32 bits per heavy atom. The molecule has 28 heavy (non-hydrogen) atoms. The van der Waals surface area contributed by atoms with E-state index in [4.69, 9.17) is 0 Å². The summed E-state index contributed by atoms with van der Waals surface area (Å²) in [5, 5.41) is 14.9. The maximum Gasteiger partial charge on any atom is 0.315 e. The predicted octanol–water partition coefficient (Wildman–Crippen LogP) is 6.34. The lowest BCUT2D eigenvalue weighted by atomic mass is 10.1. The number of carbonyl (C=O) groups is 1. The van der Waals surface area contributed by atoms with Crippen LogP contribution in [0.15, 0.2) is 12.2 Å². The number of urea groups is 1. The van der Waals surface area contributed by atoms with Crippen LogP contribution in [0.2, 0.25) is 0 Å². The predicted molar refractivity (Wildman–Crippen MR) is 122 cm³/mol. The van der Waals surface area contributed by atoms with Crippen LogP contribution in [0.3, 0.4) is 0 Å². The van der Waals surface area contributed by atoms with E-state index in [1.165, 1.54) is 83.5 Å². The average Bonchev–Trinajstić information content (AvgIpc) is 2.68. The van der Waals surface area contributed by atoms with Gasteiger partial charge in [-0.05, 0) is 38.0 Å². The van der Waals surface area contributed by atoms with Gasteiger partial charge in [0.25, 0.3) is 0 Å². The largest absolute Gasteiger partial charge is 0.394 e. The second-order valence-electron chi connectivity index (χ2n) is 8.37. The van der Waals surface area contributed by atoms with Gasteiger partial charge in [-0.25, -0.2) is 4.79 Å². The van der Waals surface area contributed by atoms with Crippen molar-refractivity contribution in [1.29, 1.82) is 0 Å². The smallest absolute Gasteiger partial charge is 0.315 e. The van der Waals surface area contributed by atoms with Crippen LogP contribution >= 0.6 is 0 Å². The second-order valence-corrected chi connectivity index (χ2v) is 8.37. The first-order valence-corrected chi connectivity index (χ1v) is 11.9. The van der Waals surface area contributed by atoms with E-state index in [0.29, 0.717) is 6.54 Å². The molecule has 0 rings (SSSR count). The molecule has 0 bridgehead atoms. The highest BCUT2D eigenvalue weighted by atomic mass is 16.3. The van der Waals surface area contributed by atoms with Gasteiger partial charge in [-0.15, -0.1) is 0 Å². The third kappa shape index (κ3) is 18.3. The Kier molecular flexibility index (Phi) is 19.9. The van der Waals surface area contributed by atoms with Crippen molar-refractivity contribution in [2.24, 2.45) is 5.92 Å². The molecule has 0 aromatic heterocycles. The number of unbranched alkanes of at least 4 members (excludes halogenated alkanes) is 12. The van der Waals surface area contributed by atoms with Gasteiger partial charge >= 0.3 is 6.03 Å². The molecule has 0 radical (unpaired) electrons. The van der Waals surface area contributed by atoms with Crippen LogP contribution in [0, 0.1) is 5.92 Å². The summed E-state index contributed by atoms with van der Waals surface area (Å²) in [7, 11) is 0. The molecule has 0 aliphatic heterocycles. The summed E-state index contributed by atoms with van der Waals surface area (Å²) in [4.78, 5) is 11.7. The van der Waals surface area contributed by atoms with E-state index < -0.39 is 0 Å². The Hall–Kier alpha value is -1.03. The lowest BCUT2D eigenvalue weighted by Crippen LogP contribution is -2.46. The van der Waals surface area contributed by atoms with Crippen LogP contribution in [-0.2, 0) is 0 Å². The Labute approximate surface area is 174 Å². The van der Waals surface area contributed by atoms with E-state index in [1.807, 2.05) is 13.8 Å². The van der Waals surface area contributed by atoms with Gasteiger partial charge in [0.15, 0.2) is 0 Å². The lowest BCUT2D eigenvalue weighted by molar-refractivity contribution is 0.198. The van der Waals surface area contributed by atoms with E-state index in [2.05, 4.69) is 29.7 Å². The van der Waals surface area contributed by atoms with Crippen LogP contribution in [0.25, 0.3) is 0 Å². The molecule has 4 heteroatoms. The maximum atomic E-state index is 11.7. The van der Waals surface area contributed by atoms with Gasteiger partial charge in [-0.1, -0.05) is 90.7 Å². The van der Waals surface area contributed by atoms with E-state index in [-0.39, 0.29) is 24.6 Å². The number of aliphatic hydroxyl groups excluding tert-OH is 1. The summed E-state index contributed by atoms with van der Waals surface area (Å²) in [6, 6.07) is -0.333. The zero-order valence-corrected chi connectivity index (χ0v) is 19.0. The van der Waals surface area contributed by atoms with Gasteiger partial charge in [-0.3, -0.25) is 0 Å². The quantitative estimate of drug-likeness (QED) is 0.176. The fraction of sp³-hybridized carbons (Fsp3) is 0.875. The minimum Gasteiger partial charge on any atom is -0.394 e. The SMILES string of the molecule is CCCCCCCC/C=C\CCCCCCCCNC(=O)N[C@H](CO)C(C)C. The van der Waals surface area contributed by atoms with E-state index in [9.17, 15) is 9.90 Å². The Balaban J connectivity index is 3.31. The van der Waals surface area contributed by atoms with Gasteiger partial charge in [0, 0.05) is 6.54 Å². The molecule has 3 N–H and O–H groups in total. The van der Waals surface area contributed by atoms with E-state index >= 15 is 0 Å². The fourth-order valence-corrected chi connectivity index (χ4v) is 3.22. The molecule has 0 unspecified atom stereocenters.